The van der Waals surface area contributed by atoms with Crippen molar-refractivity contribution in [2.45, 2.75) is 37.8 Å². The number of benzene rings is 3. The van der Waals surface area contributed by atoms with Crippen LogP contribution in [0, 0.1) is 0 Å². The molecule has 6 rings (SSSR count). The molecule has 1 fully saturated rings. The third-order valence-electron chi connectivity index (χ3n) is 6.48. The van der Waals surface area contributed by atoms with Crippen LogP contribution in [0.25, 0.3) is 33.3 Å². The van der Waals surface area contributed by atoms with Crippen molar-refractivity contribution in [2.24, 2.45) is 21.5 Å². The zero-order chi connectivity index (χ0) is 21.7. The van der Waals surface area contributed by atoms with E-state index in [0.717, 1.165) is 53.4 Å². The number of anilines is 1. The van der Waals surface area contributed by atoms with Gasteiger partial charge in [-0.3, -0.25) is 4.90 Å². The summed E-state index contributed by atoms with van der Waals surface area (Å²) < 4.78 is 6.09. The highest BCUT2D eigenvalue weighted by Gasteiger charge is 2.42. The highest BCUT2D eigenvalue weighted by molar-refractivity contribution is 6.06. The summed E-state index contributed by atoms with van der Waals surface area (Å²) in [4.78, 5) is 15.8. The molecule has 0 atom stereocenters. The molecule has 0 amide bonds. The molecule has 4 N–H and O–H groups in total. The number of oxazole rings is 1. The Morgan fingerprint density at radius 1 is 0.875 bits per heavy atom. The zero-order valence-electron chi connectivity index (χ0n) is 17.7. The Bertz CT molecular complexity index is 1400. The summed E-state index contributed by atoms with van der Waals surface area (Å²) in [5.74, 6) is 1.22. The van der Waals surface area contributed by atoms with Gasteiger partial charge in [-0.05, 0) is 66.8 Å². The van der Waals surface area contributed by atoms with E-state index in [1.807, 2.05) is 41.3 Å². The number of aliphatic imine (C=N–C) groups is 2. The van der Waals surface area contributed by atoms with E-state index in [1.54, 1.807) is 0 Å². The van der Waals surface area contributed by atoms with Crippen LogP contribution < -0.4 is 16.4 Å². The minimum atomic E-state index is -0.479. The lowest BCUT2D eigenvalue weighted by Gasteiger charge is -2.45. The fourth-order valence-electron chi connectivity index (χ4n) is 5.00. The maximum atomic E-state index is 6.37. The van der Waals surface area contributed by atoms with Gasteiger partial charge in [0.25, 0.3) is 0 Å². The molecule has 0 bridgehead atoms. The molecule has 2 aliphatic rings. The molecule has 1 aliphatic heterocycles. The first-order valence-corrected chi connectivity index (χ1v) is 11.0. The largest absolute Gasteiger partial charge is 0.436 e. The summed E-state index contributed by atoms with van der Waals surface area (Å²) in [6.07, 6.45) is 5.14. The Balaban J connectivity index is 1.42. The summed E-state index contributed by atoms with van der Waals surface area (Å²) in [6, 6.07) is 20.4. The van der Waals surface area contributed by atoms with Gasteiger partial charge >= 0.3 is 0 Å². The van der Waals surface area contributed by atoms with E-state index in [1.165, 1.54) is 11.8 Å². The van der Waals surface area contributed by atoms with E-state index < -0.39 is 5.66 Å². The molecule has 0 radical (unpaired) electrons. The number of hydrogen-bond donors (Lipinski definition) is 2. The van der Waals surface area contributed by atoms with Gasteiger partial charge in [0.1, 0.15) is 11.2 Å². The lowest BCUT2D eigenvalue weighted by Crippen LogP contribution is -2.58. The summed E-state index contributed by atoms with van der Waals surface area (Å²) in [5, 5.41) is 2.34. The number of nitrogens with zero attached hydrogens (tertiary/aromatic N) is 4. The molecule has 1 saturated carbocycles. The van der Waals surface area contributed by atoms with E-state index in [0.29, 0.717) is 11.9 Å². The van der Waals surface area contributed by atoms with Crippen molar-refractivity contribution in [3.8, 4) is 11.5 Å². The number of fused-ring (bicyclic) bond motifs is 2. The minimum absolute atomic E-state index is 0.252. The quantitative estimate of drug-likeness (QED) is 0.483. The van der Waals surface area contributed by atoms with E-state index in [2.05, 4.69) is 29.3 Å². The number of hydrogen-bond acceptors (Lipinski definition) is 7. The molecule has 160 valence electrons. The molecular weight excluding hydrogens is 400 g/mol. The molecule has 3 aromatic carbocycles. The predicted molar refractivity (Wildman–Crippen MR) is 128 cm³/mol. The molecule has 32 heavy (non-hydrogen) atoms. The van der Waals surface area contributed by atoms with Gasteiger partial charge in [-0.1, -0.05) is 36.8 Å². The Kier molecular flexibility index (Phi) is 4.18. The van der Waals surface area contributed by atoms with Crippen LogP contribution in [0.15, 0.2) is 75.1 Å². The Labute approximate surface area is 185 Å². The van der Waals surface area contributed by atoms with Crippen molar-refractivity contribution in [1.29, 1.82) is 0 Å². The van der Waals surface area contributed by atoms with Crippen LogP contribution >= 0.6 is 0 Å². The molecule has 1 aliphatic carbocycles. The average molecular weight is 425 g/mol. The van der Waals surface area contributed by atoms with Gasteiger partial charge in [-0.25, -0.2) is 9.98 Å². The molecule has 1 spiro atoms. The minimum Gasteiger partial charge on any atom is -0.436 e. The SMILES string of the molecule is NC1=NC2(CCCCC2)N(c2ccc3oc(-c4ccc5ccccc5c4)nc3c2)C(N)=N1. The molecule has 1 aromatic heterocycles. The Morgan fingerprint density at radius 3 is 2.53 bits per heavy atom. The number of nitrogens with two attached hydrogens (primary N) is 2. The van der Waals surface area contributed by atoms with Crippen molar-refractivity contribution in [3.05, 3.63) is 60.7 Å². The van der Waals surface area contributed by atoms with Gasteiger partial charge < -0.3 is 15.9 Å². The second kappa shape index (κ2) is 7.09. The predicted octanol–water partition coefficient (Wildman–Crippen LogP) is 4.76. The molecule has 0 saturated heterocycles. The monoisotopic (exact) mass is 424 g/mol. The normalized spacial score (nSPS) is 18.2. The molecule has 0 unspecified atom stereocenters. The first kappa shape index (κ1) is 18.9. The summed E-state index contributed by atoms with van der Waals surface area (Å²) in [6.45, 7) is 0. The van der Waals surface area contributed by atoms with Gasteiger partial charge in [-0.2, -0.15) is 4.99 Å². The summed E-state index contributed by atoms with van der Waals surface area (Å²) in [7, 11) is 0. The average Bonchev–Trinajstić information content (AvgIpc) is 3.22. The van der Waals surface area contributed by atoms with E-state index >= 15 is 0 Å². The highest BCUT2D eigenvalue weighted by Crippen LogP contribution is 2.40. The molecule has 4 aromatic rings. The lowest BCUT2D eigenvalue weighted by molar-refractivity contribution is 0.305. The molecular formula is C25H24N6O. The fourth-order valence-corrected chi connectivity index (χ4v) is 5.00. The second-order valence-corrected chi connectivity index (χ2v) is 8.55. The number of aromatic nitrogens is 1. The van der Waals surface area contributed by atoms with Crippen LogP contribution in [-0.2, 0) is 0 Å². The standard InChI is InChI=1S/C25H24N6O/c26-23-29-24(27)31(25(30-23)12-4-1-5-13-25)19-10-11-21-20(15-19)28-22(32-21)18-9-8-16-6-2-3-7-17(16)14-18/h2-3,6-11,14-15H,1,4-5,12-13H2,(H4,26,27,29,30). The van der Waals surface area contributed by atoms with E-state index in [9.17, 15) is 0 Å². The van der Waals surface area contributed by atoms with Gasteiger partial charge in [0.05, 0.1) is 0 Å². The third-order valence-corrected chi connectivity index (χ3v) is 6.48. The Morgan fingerprint density at radius 2 is 1.69 bits per heavy atom. The molecule has 7 nitrogen and oxygen atoms in total. The second-order valence-electron chi connectivity index (χ2n) is 8.55. The van der Waals surface area contributed by atoms with Crippen molar-refractivity contribution in [2.75, 3.05) is 4.90 Å². The van der Waals surface area contributed by atoms with Crippen LogP contribution in [0.5, 0.6) is 0 Å². The van der Waals surface area contributed by atoms with Crippen LogP contribution in [0.1, 0.15) is 32.1 Å². The zero-order valence-corrected chi connectivity index (χ0v) is 17.7. The van der Waals surface area contributed by atoms with Crippen LogP contribution in [0.4, 0.5) is 5.69 Å². The van der Waals surface area contributed by atoms with Crippen LogP contribution in [0.3, 0.4) is 0 Å². The smallest absolute Gasteiger partial charge is 0.227 e. The van der Waals surface area contributed by atoms with Gasteiger partial charge in [0.2, 0.25) is 17.8 Å². The van der Waals surface area contributed by atoms with Crippen molar-refractivity contribution >= 4 is 39.5 Å². The van der Waals surface area contributed by atoms with Crippen molar-refractivity contribution in [1.82, 2.24) is 4.98 Å². The first-order valence-electron chi connectivity index (χ1n) is 11.0. The summed E-state index contributed by atoms with van der Waals surface area (Å²) in [5.41, 5.74) is 15.2. The van der Waals surface area contributed by atoms with Gasteiger partial charge in [0.15, 0.2) is 5.58 Å². The van der Waals surface area contributed by atoms with Crippen LogP contribution in [-0.4, -0.2) is 22.6 Å². The van der Waals surface area contributed by atoms with Crippen molar-refractivity contribution < 1.29 is 4.42 Å². The van der Waals surface area contributed by atoms with E-state index in [4.69, 9.17) is 25.9 Å². The first-order chi connectivity index (χ1) is 15.6. The maximum Gasteiger partial charge on any atom is 0.227 e. The van der Waals surface area contributed by atoms with Gasteiger partial charge in [0, 0.05) is 11.3 Å². The van der Waals surface area contributed by atoms with Gasteiger partial charge in [-0.15, -0.1) is 0 Å². The third kappa shape index (κ3) is 3.00. The fraction of sp³-hybridized carbons (Fsp3) is 0.240. The Hall–Kier alpha value is -3.87. The summed E-state index contributed by atoms with van der Waals surface area (Å²) >= 11 is 0. The van der Waals surface area contributed by atoms with Crippen molar-refractivity contribution in [3.63, 3.8) is 0 Å². The topological polar surface area (TPSA) is 106 Å². The van der Waals surface area contributed by atoms with Crippen LogP contribution in [0.2, 0.25) is 0 Å². The molecule has 7 heteroatoms. The molecule has 2 heterocycles. The lowest BCUT2D eigenvalue weighted by atomic mass is 9.87. The van der Waals surface area contributed by atoms with E-state index in [-0.39, 0.29) is 5.96 Å². The number of rotatable bonds is 2. The highest BCUT2D eigenvalue weighted by atomic mass is 16.3. The number of guanidine groups is 2. The maximum absolute atomic E-state index is 6.37.